The lowest BCUT2D eigenvalue weighted by Gasteiger charge is -2.22. The van der Waals surface area contributed by atoms with Crippen molar-refractivity contribution in [3.63, 3.8) is 0 Å². The zero-order valence-corrected chi connectivity index (χ0v) is 11.9. The van der Waals surface area contributed by atoms with E-state index in [1.165, 1.54) is 17.7 Å². The SMILES string of the molecule is O=C(O)[C@@H]1CCCN1C(=O)c1cc(N2CCCC2)ccn1. The van der Waals surface area contributed by atoms with Gasteiger partial charge in [0.25, 0.3) is 5.91 Å². The molecular weight excluding hydrogens is 270 g/mol. The second-order valence-corrected chi connectivity index (χ2v) is 5.59. The molecule has 2 saturated heterocycles. The summed E-state index contributed by atoms with van der Waals surface area (Å²) >= 11 is 0. The van der Waals surface area contributed by atoms with Crippen LogP contribution in [0.4, 0.5) is 5.69 Å². The molecule has 0 unspecified atom stereocenters. The Balaban J connectivity index is 1.81. The molecule has 1 atom stereocenters. The lowest BCUT2D eigenvalue weighted by molar-refractivity contribution is -0.141. The first-order valence-corrected chi connectivity index (χ1v) is 7.41. The van der Waals surface area contributed by atoms with Crippen LogP contribution < -0.4 is 4.90 Å². The van der Waals surface area contributed by atoms with Crippen molar-refractivity contribution >= 4 is 17.6 Å². The number of nitrogens with zero attached hydrogens (tertiary/aromatic N) is 3. The van der Waals surface area contributed by atoms with Gasteiger partial charge in [-0.05, 0) is 37.8 Å². The predicted octanol–water partition coefficient (Wildman–Crippen LogP) is 1.37. The molecule has 0 bridgehead atoms. The minimum Gasteiger partial charge on any atom is -0.480 e. The van der Waals surface area contributed by atoms with E-state index in [0.29, 0.717) is 18.7 Å². The molecule has 112 valence electrons. The number of carboxylic acids is 1. The molecule has 0 radical (unpaired) electrons. The Morgan fingerprint density at radius 3 is 2.67 bits per heavy atom. The van der Waals surface area contributed by atoms with Crippen molar-refractivity contribution in [2.45, 2.75) is 31.7 Å². The number of aliphatic carboxylic acids is 1. The van der Waals surface area contributed by atoms with Crippen LogP contribution in [0.25, 0.3) is 0 Å². The standard InChI is InChI=1S/C15H19N3O3/c19-14(18-9-3-4-13(18)15(20)21)12-10-11(5-6-16-12)17-7-1-2-8-17/h5-6,10,13H,1-4,7-9H2,(H,20,21)/t13-/m0/s1. The number of carbonyl (C=O) groups excluding carboxylic acids is 1. The maximum absolute atomic E-state index is 12.5. The van der Waals surface area contributed by atoms with Gasteiger partial charge in [-0.2, -0.15) is 0 Å². The zero-order chi connectivity index (χ0) is 14.8. The summed E-state index contributed by atoms with van der Waals surface area (Å²) in [6, 6.07) is 2.97. The van der Waals surface area contributed by atoms with Gasteiger partial charge in [-0.25, -0.2) is 4.79 Å². The van der Waals surface area contributed by atoms with Gasteiger partial charge in [0.15, 0.2) is 0 Å². The van der Waals surface area contributed by atoms with Crippen molar-refractivity contribution in [1.82, 2.24) is 9.88 Å². The van der Waals surface area contributed by atoms with Gasteiger partial charge in [0.05, 0.1) is 0 Å². The highest BCUT2D eigenvalue weighted by atomic mass is 16.4. The van der Waals surface area contributed by atoms with Crippen LogP contribution in [0.15, 0.2) is 18.3 Å². The van der Waals surface area contributed by atoms with E-state index < -0.39 is 12.0 Å². The second-order valence-electron chi connectivity index (χ2n) is 5.59. The Hall–Kier alpha value is -2.11. The highest BCUT2D eigenvalue weighted by Gasteiger charge is 2.35. The summed E-state index contributed by atoms with van der Waals surface area (Å²) in [6.07, 6.45) is 5.21. The molecule has 1 N–H and O–H groups in total. The number of pyridine rings is 1. The first kappa shape index (κ1) is 13.9. The van der Waals surface area contributed by atoms with Gasteiger partial charge in [0.1, 0.15) is 11.7 Å². The summed E-state index contributed by atoms with van der Waals surface area (Å²) in [5.74, 6) is -1.21. The molecule has 0 aliphatic carbocycles. The molecule has 0 spiro atoms. The van der Waals surface area contributed by atoms with Crippen LogP contribution in [0.3, 0.4) is 0 Å². The molecule has 1 aromatic rings. The van der Waals surface area contributed by atoms with E-state index in [1.54, 1.807) is 12.3 Å². The van der Waals surface area contributed by atoms with Crippen molar-refractivity contribution < 1.29 is 14.7 Å². The summed E-state index contributed by atoms with van der Waals surface area (Å²) in [7, 11) is 0. The number of hydrogen-bond donors (Lipinski definition) is 1. The molecule has 0 saturated carbocycles. The normalized spacial score (nSPS) is 21.8. The molecule has 1 amide bonds. The second kappa shape index (κ2) is 5.71. The summed E-state index contributed by atoms with van der Waals surface area (Å²) in [5, 5.41) is 9.18. The lowest BCUT2D eigenvalue weighted by Crippen LogP contribution is -2.40. The molecule has 6 nitrogen and oxygen atoms in total. The largest absolute Gasteiger partial charge is 0.480 e. The van der Waals surface area contributed by atoms with Crippen molar-refractivity contribution in [1.29, 1.82) is 0 Å². The van der Waals surface area contributed by atoms with Gasteiger partial charge in [-0.3, -0.25) is 9.78 Å². The molecule has 6 heteroatoms. The van der Waals surface area contributed by atoms with E-state index in [-0.39, 0.29) is 5.91 Å². The fourth-order valence-corrected chi connectivity index (χ4v) is 3.12. The average molecular weight is 289 g/mol. The Bertz CT molecular complexity index is 555. The van der Waals surface area contributed by atoms with E-state index in [4.69, 9.17) is 0 Å². The fraction of sp³-hybridized carbons (Fsp3) is 0.533. The molecule has 3 heterocycles. The van der Waals surface area contributed by atoms with E-state index in [1.807, 2.05) is 6.07 Å². The van der Waals surface area contributed by atoms with Gasteiger partial charge in [0, 0.05) is 31.5 Å². The minimum atomic E-state index is -0.934. The quantitative estimate of drug-likeness (QED) is 0.909. The smallest absolute Gasteiger partial charge is 0.326 e. The monoisotopic (exact) mass is 289 g/mol. The minimum absolute atomic E-state index is 0.277. The van der Waals surface area contributed by atoms with Crippen LogP contribution in [0.5, 0.6) is 0 Å². The van der Waals surface area contributed by atoms with E-state index in [2.05, 4.69) is 9.88 Å². The third-order valence-corrected chi connectivity index (χ3v) is 4.23. The number of hydrogen-bond acceptors (Lipinski definition) is 4. The Kier molecular flexibility index (Phi) is 3.77. The Morgan fingerprint density at radius 2 is 1.95 bits per heavy atom. The number of amides is 1. The number of aromatic nitrogens is 1. The lowest BCUT2D eigenvalue weighted by atomic mass is 10.2. The van der Waals surface area contributed by atoms with Crippen LogP contribution in [0, 0.1) is 0 Å². The van der Waals surface area contributed by atoms with Crippen molar-refractivity contribution in [2.75, 3.05) is 24.5 Å². The number of anilines is 1. The summed E-state index contributed by atoms with van der Waals surface area (Å²) < 4.78 is 0. The third kappa shape index (κ3) is 2.70. The number of carboxylic acid groups (broad SMARTS) is 1. The van der Waals surface area contributed by atoms with Crippen LogP contribution in [0.2, 0.25) is 0 Å². The van der Waals surface area contributed by atoms with Crippen LogP contribution >= 0.6 is 0 Å². The highest BCUT2D eigenvalue weighted by molar-refractivity contribution is 5.96. The van der Waals surface area contributed by atoms with Gasteiger partial charge >= 0.3 is 5.97 Å². The molecule has 21 heavy (non-hydrogen) atoms. The number of carbonyl (C=O) groups is 2. The topological polar surface area (TPSA) is 73.7 Å². The van der Waals surface area contributed by atoms with Crippen LogP contribution in [-0.2, 0) is 4.79 Å². The number of likely N-dealkylation sites (tertiary alicyclic amines) is 1. The van der Waals surface area contributed by atoms with E-state index >= 15 is 0 Å². The van der Waals surface area contributed by atoms with Gasteiger partial charge in [-0.15, -0.1) is 0 Å². The van der Waals surface area contributed by atoms with Gasteiger partial charge < -0.3 is 14.9 Å². The van der Waals surface area contributed by atoms with Gasteiger partial charge in [-0.1, -0.05) is 0 Å². The molecule has 2 aliphatic rings. The van der Waals surface area contributed by atoms with E-state index in [9.17, 15) is 14.7 Å². The first-order chi connectivity index (χ1) is 10.2. The van der Waals surface area contributed by atoms with E-state index in [0.717, 1.165) is 25.2 Å². The van der Waals surface area contributed by atoms with Crippen molar-refractivity contribution in [2.24, 2.45) is 0 Å². The summed E-state index contributed by atoms with van der Waals surface area (Å²) in [6.45, 7) is 2.49. The fourth-order valence-electron chi connectivity index (χ4n) is 3.12. The molecule has 2 fully saturated rings. The van der Waals surface area contributed by atoms with Crippen molar-refractivity contribution in [3.05, 3.63) is 24.0 Å². The molecule has 1 aromatic heterocycles. The van der Waals surface area contributed by atoms with Crippen LogP contribution in [-0.4, -0.2) is 52.5 Å². The number of rotatable bonds is 3. The Morgan fingerprint density at radius 1 is 1.19 bits per heavy atom. The van der Waals surface area contributed by atoms with Crippen molar-refractivity contribution in [3.8, 4) is 0 Å². The third-order valence-electron chi connectivity index (χ3n) is 4.23. The maximum Gasteiger partial charge on any atom is 0.326 e. The van der Waals surface area contributed by atoms with Crippen LogP contribution in [0.1, 0.15) is 36.2 Å². The predicted molar refractivity (Wildman–Crippen MR) is 77.4 cm³/mol. The van der Waals surface area contributed by atoms with Gasteiger partial charge in [0.2, 0.25) is 0 Å². The molecule has 2 aliphatic heterocycles. The maximum atomic E-state index is 12.5. The Labute approximate surface area is 123 Å². The summed E-state index contributed by atoms with van der Waals surface area (Å²) in [5.41, 5.74) is 1.34. The first-order valence-electron chi connectivity index (χ1n) is 7.41. The average Bonchev–Trinajstić information content (AvgIpc) is 3.17. The highest BCUT2D eigenvalue weighted by Crippen LogP contribution is 2.23. The zero-order valence-electron chi connectivity index (χ0n) is 11.9. The molecule has 3 rings (SSSR count). The molecule has 0 aromatic carbocycles. The summed E-state index contributed by atoms with van der Waals surface area (Å²) in [4.78, 5) is 31.5. The molecular formula is C15H19N3O3.